The maximum absolute atomic E-state index is 12.2. The number of rotatable bonds is 4. The summed E-state index contributed by atoms with van der Waals surface area (Å²) in [6, 6.07) is -1.69. The first kappa shape index (κ1) is 17.2. The molecule has 0 radical (unpaired) electrons. The van der Waals surface area contributed by atoms with Crippen LogP contribution in [0.25, 0.3) is 0 Å². The number of nitrogens with zero attached hydrogens (tertiary/aromatic N) is 1. The van der Waals surface area contributed by atoms with Crippen LogP contribution in [0.5, 0.6) is 0 Å². The van der Waals surface area contributed by atoms with Crippen molar-refractivity contribution in [2.24, 2.45) is 0 Å². The maximum Gasteiger partial charge on any atom is 0.328 e. The van der Waals surface area contributed by atoms with Crippen LogP contribution in [0, 0.1) is 0 Å². The van der Waals surface area contributed by atoms with E-state index in [1.54, 1.807) is 6.92 Å². The third kappa shape index (κ3) is 4.89. The molecule has 0 saturated carbocycles. The standard InChI is InChI=1S/C13H24N4O4/c1-8(2)15-13(20)17-6-5-14-7-10(17)11(18)16-9(3)12(19)21-4/h8-10,14H,5-7H2,1-4H3,(H,15,20)(H,16,18). The minimum absolute atomic E-state index is 0.00918. The van der Waals surface area contributed by atoms with E-state index in [4.69, 9.17) is 0 Å². The normalized spacial score (nSPS) is 19.9. The van der Waals surface area contributed by atoms with Gasteiger partial charge in [0.1, 0.15) is 12.1 Å². The lowest BCUT2D eigenvalue weighted by Crippen LogP contribution is -2.63. The van der Waals surface area contributed by atoms with Crippen LogP contribution in [-0.4, -0.2) is 67.7 Å². The second-order valence-corrected chi connectivity index (χ2v) is 5.27. The van der Waals surface area contributed by atoms with Crippen molar-refractivity contribution in [3.63, 3.8) is 0 Å². The number of urea groups is 1. The molecule has 1 rings (SSSR count). The number of carbonyl (C=O) groups is 3. The largest absolute Gasteiger partial charge is 0.467 e. The molecule has 1 fully saturated rings. The summed E-state index contributed by atoms with van der Waals surface area (Å²) in [4.78, 5) is 37.2. The Balaban J connectivity index is 2.69. The average Bonchev–Trinajstić information content (AvgIpc) is 2.45. The van der Waals surface area contributed by atoms with Crippen molar-refractivity contribution in [2.75, 3.05) is 26.7 Å². The quantitative estimate of drug-likeness (QED) is 0.582. The Morgan fingerprint density at radius 2 is 1.90 bits per heavy atom. The number of methoxy groups -OCH3 is 1. The Labute approximate surface area is 124 Å². The zero-order valence-electron chi connectivity index (χ0n) is 12.9. The Morgan fingerprint density at radius 3 is 2.48 bits per heavy atom. The zero-order valence-corrected chi connectivity index (χ0v) is 12.9. The number of amides is 3. The number of hydrogen-bond donors (Lipinski definition) is 3. The predicted molar refractivity (Wildman–Crippen MR) is 76.7 cm³/mol. The van der Waals surface area contributed by atoms with E-state index >= 15 is 0 Å². The monoisotopic (exact) mass is 300 g/mol. The number of carbonyl (C=O) groups excluding carboxylic acids is 3. The molecular formula is C13H24N4O4. The topological polar surface area (TPSA) is 99.8 Å². The molecule has 21 heavy (non-hydrogen) atoms. The lowest BCUT2D eigenvalue weighted by molar-refractivity contribution is -0.145. The molecule has 1 aliphatic rings. The zero-order chi connectivity index (χ0) is 16.0. The van der Waals surface area contributed by atoms with Gasteiger partial charge >= 0.3 is 12.0 Å². The molecule has 0 bridgehead atoms. The van der Waals surface area contributed by atoms with Crippen molar-refractivity contribution in [3.05, 3.63) is 0 Å². The summed E-state index contributed by atoms with van der Waals surface area (Å²) in [6.45, 7) is 6.66. The second kappa shape index (κ2) is 7.82. The third-order valence-corrected chi connectivity index (χ3v) is 3.13. The van der Waals surface area contributed by atoms with E-state index in [1.165, 1.54) is 12.0 Å². The van der Waals surface area contributed by atoms with Crippen molar-refractivity contribution in [2.45, 2.75) is 38.9 Å². The SMILES string of the molecule is COC(=O)C(C)NC(=O)C1CNCCN1C(=O)NC(C)C. The molecule has 2 unspecified atom stereocenters. The first-order chi connectivity index (χ1) is 9.86. The van der Waals surface area contributed by atoms with Crippen LogP contribution in [0.4, 0.5) is 4.79 Å². The van der Waals surface area contributed by atoms with E-state index in [9.17, 15) is 14.4 Å². The fourth-order valence-corrected chi connectivity index (χ4v) is 2.06. The molecule has 0 aromatic heterocycles. The van der Waals surface area contributed by atoms with E-state index in [0.717, 1.165) is 0 Å². The molecule has 0 spiro atoms. The first-order valence-corrected chi connectivity index (χ1v) is 7.02. The fraction of sp³-hybridized carbons (Fsp3) is 0.769. The second-order valence-electron chi connectivity index (χ2n) is 5.27. The van der Waals surface area contributed by atoms with Gasteiger partial charge in [-0.3, -0.25) is 4.79 Å². The Hall–Kier alpha value is -1.83. The van der Waals surface area contributed by atoms with Crippen LogP contribution in [0.1, 0.15) is 20.8 Å². The number of esters is 1. The molecule has 8 heteroatoms. The molecule has 0 aromatic rings. The van der Waals surface area contributed by atoms with Gasteiger partial charge in [0.2, 0.25) is 5.91 Å². The van der Waals surface area contributed by atoms with Crippen LogP contribution in [-0.2, 0) is 14.3 Å². The summed E-state index contributed by atoms with van der Waals surface area (Å²) in [5.41, 5.74) is 0. The predicted octanol–water partition coefficient (Wildman–Crippen LogP) is -0.944. The van der Waals surface area contributed by atoms with Gasteiger partial charge in [-0.1, -0.05) is 0 Å². The lowest BCUT2D eigenvalue weighted by atomic mass is 10.1. The average molecular weight is 300 g/mol. The molecule has 8 nitrogen and oxygen atoms in total. The molecule has 2 atom stereocenters. The van der Waals surface area contributed by atoms with Gasteiger partial charge in [0.05, 0.1) is 7.11 Å². The van der Waals surface area contributed by atoms with Gasteiger partial charge in [0.25, 0.3) is 0 Å². The van der Waals surface area contributed by atoms with Gasteiger partial charge in [0, 0.05) is 25.7 Å². The first-order valence-electron chi connectivity index (χ1n) is 7.02. The van der Waals surface area contributed by atoms with Gasteiger partial charge in [-0.25, -0.2) is 9.59 Å². The molecular weight excluding hydrogens is 276 g/mol. The van der Waals surface area contributed by atoms with E-state index < -0.39 is 18.1 Å². The maximum atomic E-state index is 12.2. The van der Waals surface area contributed by atoms with Crippen molar-refractivity contribution < 1.29 is 19.1 Å². The van der Waals surface area contributed by atoms with Gasteiger partial charge in [-0.15, -0.1) is 0 Å². The highest BCUT2D eigenvalue weighted by molar-refractivity contribution is 5.90. The number of nitrogens with one attached hydrogen (secondary N) is 3. The van der Waals surface area contributed by atoms with Crippen LogP contribution >= 0.6 is 0 Å². The van der Waals surface area contributed by atoms with Crippen LogP contribution in [0.2, 0.25) is 0 Å². The van der Waals surface area contributed by atoms with Crippen molar-refractivity contribution in [3.8, 4) is 0 Å². The summed E-state index contributed by atoms with van der Waals surface area (Å²) >= 11 is 0. The molecule has 0 aromatic carbocycles. The van der Waals surface area contributed by atoms with Gasteiger partial charge in [-0.05, 0) is 20.8 Å². The molecule has 1 saturated heterocycles. The van der Waals surface area contributed by atoms with E-state index in [2.05, 4.69) is 20.7 Å². The summed E-state index contributed by atoms with van der Waals surface area (Å²) < 4.78 is 4.56. The Bertz CT molecular complexity index is 400. The Morgan fingerprint density at radius 1 is 1.24 bits per heavy atom. The lowest BCUT2D eigenvalue weighted by Gasteiger charge is -2.36. The molecule has 1 aliphatic heterocycles. The van der Waals surface area contributed by atoms with Crippen molar-refractivity contribution >= 4 is 17.9 Å². The van der Waals surface area contributed by atoms with Gasteiger partial charge in [0.15, 0.2) is 0 Å². The van der Waals surface area contributed by atoms with Crippen LogP contribution in [0.3, 0.4) is 0 Å². The summed E-state index contributed by atoms with van der Waals surface area (Å²) in [6.07, 6.45) is 0. The minimum Gasteiger partial charge on any atom is -0.467 e. The highest BCUT2D eigenvalue weighted by atomic mass is 16.5. The molecule has 120 valence electrons. The third-order valence-electron chi connectivity index (χ3n) is 3.13. The van der Waals surface area contributed by atoms with E-state index in [1.807, 2.05) is 13.8 Å². The van der Waals surface area contributed by atoms with Crippen LogP contribution < -0.4 is 16.0 Å². The highest BCUT2D eigenvalue weighted by Crippen LogP contribution is 2.05. The van der Waals surface area contributed by atoms with Crippen LogP contribution in [0.15, 0.2) is 0 Å². The fourth-order valence-electron chi connectivity index (χ4n) is 2.06. The van der Waals surface area contributed by atoms with Crippen molar-refractivity contribution in [1.82, 2.24) is 20.9 Å². The molecule has 1 heterocycles. The highest BCUT2D eigenvalue weighted by Gasteiger charge is 2.33. The number of piperazine rings is 1. The van der Waals surface area contributed by atoms with Gasteiger partial charge < -0.3 is 25.6 Å². The number of ether oxygens (including phenoxy) is 1. The molecule has 3 amide bonds. The molecule has 3 N–H and O–H groups in total. The summed E-state index contributed by atoms with van der Waals surface area (Å²) in [7, 11) is 1.26. The van der Waals surface area contributed by atoms with E-state index in [-0.39, 0.29) is 18.0 Å². The van der Waals surface area contributed by atoms with E-state index in [0.29, 0.717) is 19.6 Å². The van der Waals surface area contributed by atoms with Gasteiger partial charge in [-0.2, -0.15) is 0 Å². The smallest absolute Gasteiger partial charge is 0.328 e. The van der Waals surface area contributed by atoms with Crippen molar-refractivity contribution in [1.29, 1.82) is 0 Å². The minimum atomic E-state index is -0.751. The summed E-state index contributed by atoms with van der Waals surface area (Å²) in [5, 5.41) is 8.41. The summed E-state index contributed by atoms with van der Waals surface area (Å²) in [5.74, 6) is -0.899. The Kier molecular flexibility index (Phi) is 6.41. The molecule has 0 aliphatic carbocycles. The number of hydrogen-bond acceptors (Lipinski definition) is 5.